The molecule has 3 aromatic rings. The van der Waals surface area contributed by atoms with Crippen molar-refractivity contribution in [3.63, 3.8) is 0 Å². The first-order valence-corrected chi connectivity index (χ1v) is 12.7. The fourth-order valence-electron chi connectivity index (χ4n) is 4.31. The van der Waals surface area contributed by atoms with Gasteiger partial charge in [0.25, 0.3) is 0 Å². The molecule has 0 aromatic heterocycles. The van der Waals surface area contributed by atoms with Gasteiger partial charge in [-0.2, -0.15) is 0 Å². The van der Waals surface area contributed by atoms with Gasteiger partial charge in [-0.3, -0.25) is 9.79 Å². The first kappa shape index (κ1) is 25.7. The van der Waals surface area contributed by atoms with Crippen molar-refractivity contribution in [3.05, 3.63) is 83.9 Å². The largest absolute Gasteiger partial charge is 0.494 e. The van der Waals surface area contributed by atoms with E-state index in [2.05, 4.69) is 16.0 Å². The van der Waals surface area contributed by atoms with Gasteiger partial charge in [0.1, 0.15) is 0 Å². The smallest absolute Gasteiger partial charge is 0.399 e. The summed E-state index contributed by atoms with van der Waals surface area (Å²) in [6, 6.07) is 22.4. The molecular formula is C29H31BN4O4. The summed E-state index contributed by atoms with van der Waals surface area (Å²) in [5.41, 5.74) is 4.14. The van der Waals surface area contributed by atoms with Crippen molar-refractivity contribution in [2.75, 3.05) is 10.6 Å². The monoisotopic (exact) mass is 510 g/mol. The Morgan fingerprint density at radius 3 is 2.45 bits per heavy atom. The Morgan fingerprint density at radius 1 is 0.974 bits per heavy atom. The molecule has 3 aromatic carbocycles. The lowest BCUT2D eigenvalue weighted by Gasteiger charge is -2.32. The average Bonchev–Trinajstić information content (AvgIpc) is 3.00. The van der Waals surface area contributed by atoms with Crippen molar-refractivity contribution in [2.24, 2.45) is 4.99 Å². The topological polar surface area (TPSA) is 101 Å². The standard InChI is InChI=1S/C29H31BN4O4/c1-28(2)29(3,4)38-30(37-28)21-12-8-11-20(15-21)24-17-26(35)34-25-16-22(13-14-23(25)33-24)32-27(36)31-18-19-9-6-5-7-10-19/h5-16H,17-18H2,1-4H3,(H,34,35)(H2,31,32,36). The Labute approximate surface area is 223 Å². The predicted octanol–water partition coefficient (Wildman–Crippen LogP) is 4.77. The summed E-state index contributed by atoms with van der Waals surface area (Å²) < 4.78 is 12.4. The summed E-state index contributed by atoms with van der Waals surface area (Å²) in [7, 11) is -0.505. The highest BCUT2D eigenvalue weighted by atomic mass is 16.7. The number of nitrogens with zero attached hydrogens (tertiary/aromatic N) is 1. The van der Waals surface area contributed by atoms with Gasteiger partial charge in [-0.1, -0.05) is 54.6 Å². The zero-order valence-corrected chi connectivity index (χ0v) is 22.0. The molecule has 0 radical (unpaired) electrons. The molecule has 0 spiro atoms. The second-order valence-corrected chi connectivity index (χ2v) is 10.5. The van der Waals surface area contributed by atoms with Crippen LogP contribution in [-0.4, -0.2) is 36.0 Å². The van der Waals surface area contributed by atoms with Gasteiger partial charge in [-0.15, -0.1) is 0 Å². The summed E-state index contributed by atoms with van der Waals surface area (Å²) in [4.78, 5) is 30.0. The van der Waals surface area contributed by atoms with Gasteiger partial charge in [-0.25, -0.2) is 4.79 Å². The fourth-order valence-corrected chi connectivity index (χ4v) is 4.31. The van der Waals surface area contributed by atoms with E-state index >= 15 is 0 Å². The Morgan fingerprint density at radius 2 is 1.71 bits per heavy atom. The molecule has 0 saturated carbocycles. The van der Waals surface area contributed by atoms with Gasteiger partial charge in [0.15, 0.2) is 0 Å². The summed E-state index contributed by atoms with van der Waals surface area (Å²) in [5.74, 6) is -0.186. The first-order valence-electron chi connectivity index (χ1n) is 12.7. The van der Waals surface area contributed by atoms with Crippen LogP contribution in [0.3, 0.4) is 0 Å². The van der Waals surface area contributed by atoms with E-state index in [4.69, 9.17) is 14.3 Å². The van der Waals surface area contributed by atoms with E-state index in [0.29, 0.717) is 29.3 Å². The van der Waals surface area contributed by atoms with Crippen LogP contribution in [0.5, 0.6) is 0 Å². The highest BCUT2D eigenvalue weighted by Crippen LogP contribution is 2.37. The second kappa shape index (κ2) is 10.1. The summed E-state index contributed by atoms with van der Waals surface area (Å²) >= 11 is 0. The quantitative estimate of drug-likeness (QED) is 0.431. The summed E-state index contributed by atoms with van der Waals surface area (Å²) in [5, 5.41) is 8.56. The van der Waals surface area contributed by atoms with E-state index in [0.717, 1.165) is 16.6 Å². The molecule has 5 rings (SSSR count). The molecule has 2 aliphatic rings. The van der Waals surface area contributed by atoms with Gasteiger partial charge in [0.05, 0.1) is 34.7 Å². The van der Waals surface area contributed by atoms with Gasteiger partial charge in [-0.05, 0) is 62.5 Å². The van der Waals surface area contributed by atoms with Crippen molar-refractivity contribution in [1.82, 2.24) is 5.32 Å². The molecule has 2 heterocycles. The molecule has 3 amide bonds. The number of nitrogens with one attached hydrogen (secondary N) is 3. The molecule has 0 atom stereocenters. The lowest BCUT2D eigenvalue weighted by atomic mass is 9.78. The Kier molecular flexibility index (Phi) is 6.81. The van der Waals surface area contributed by atoms with E-state index in [-0.39, 0.29) is 18.4 Å². The second-order valence-electron chi connectivity index (χ2n) is 10.5. The number of amides is 3. The molecule has 0 unspecified atom stereocenters. The van der Waals surface area contributed by atoms with Crippen molar-refractivity contribution in [1.29, 1.82) is 0 Å². The van der Waals surface area contributed by atoms with Crippen LogP contribution in [0.4, 0.5) is 21.9 Å². The number of benzene rings is 3. The molecule has 194 valence electrons. The highest BCUT2D eigenvalue weighted by molar-refractivity contribution is 6.62. The number of carbonyl (C=O) groups is 2. The molecule has 0 aliphatic carbocycles. The van der Waals surface area contributed by atoms with E-state index in [1.54, 1.807) is 18.2 Å². The fraction of sp³-hybridized carbons (Fsp3) is 0.276. The normalized spacial score (nSPS) is 17.6. The number of fused-ring (bicyclic) bond motifs is 1. The van der Waals surface area contributed by atoms with Crippen LogP contribution in [0.25, 0.3) is 0 Å². The van der Waals surface area contributed by atoms with Crippen LogP contribution in [0, 0.1) is 0 Å². The maximum absolute atomic E-state index is 12.8. The predicted molar refractivity (Wildman–Crippen MR) is 150 cm³/mol. The molecule has 8 nitrogen and oxygen atoms in total. The lowest BCUT2D eigenvalue weighted by Crippen LogP contribution is -2.41. The molecule has 3 N–H and O–H groups in total. The Hall–Kier alpha value is -3.95. The van der Waals surface area contributed by atoms with E-state index in [1.807, 2.05) is 82.3 Å². The third kappa shape index (κ3) is 5.49. The number of carbonyl (C=O) groups excluding carboxylic acids is 2. The third-order valence-corrected chi connectivity index (χ3v) is 7.15. The van der Waals surface area contributed by atoms with Crippen LogP contribution in [-0.2, 0) is 20.6 Å². The van der Waals surface area contributed by atoms with Crippen LogP contribution < -0.4 is 21.4 Å². The van der Waals surface area contributed by atoms with Crippen LogP contribution in [0.15, 0.2) is 77.8 Å². The first-order chi connectivity index (χ1) is 18.1. The minimum atomic E-state index is -0.505. The van der Waals surface area contributed by atoms with Crippen molar-refractivity contribution in [3.8, 4) is 0 Å². The van der Waals surface area contributed by atoms with Crippen LogP contribution in [0.1, 0.15) is 45.2 Å². The number of rotatable bonds is 5. The molecule has 38 heavy (non-hydrogen) atoms. The van der Waals surface area contributed by atoms with Gasteiger partial charge in [0.2, 0.25) is 5.91 Å². The van der Waals surface area contributed by atoms with Crippen LogP contribution in [0.2, 0.25) is 0 Å². The number of anilines is 2. The summed E-state index contributed by atoms with van der Waals surface area (Å²) in [6.45, 7) is 8.48. The molecule has 1 saturated heterocycles. The number of urea groups is 1. The maximum atomic E-state index is 12.8. The van der Waals surface area contributed by atoms with Crippen molar-refractivity contribution >= 4 is 47.3 Å². The molecular weight excluding hydrogens is 479 g/mol. The molecule has 1 fully saturated rings. The zero-order valence-electron chi connectivity index (χ0n) is 22.0. The number of hydrogen-bond acceptors (Lipinski definition) is 5. The lowest BCUT2D eigenvalue weighted by molar-refractivity contribution is -0.115. The third-order valence-electron chi connectivity index (χ3n) is 7.15. The van der Waals surface area contributed by atoms with E-state index < -0.39 is 18.3 Å². The SMILES string of the molecule is CC1(C)OB(c2cccc(C3=Nc4ccc(NC(=O)NCc5ccccc5)cc4NC(=O)C3)c2)OC1(C)C. The minimum absolute atomic E-state index is 0.113. The van der Waals surface area contributed by atoms with Crippen molar-refractivity contribution in [2.45, 2.75) is 51.9 Å². The molecule has 2 aliphatic heterocycles. The Balaban J connectivity index is 1.33. The van der Waals surface area contributed by atoms with Crippen LogP contribution >= 0.6 is 0 Å². The van der Waals surface area contributed by atoms with E-state index in [9.17, 15) is 9.59 Å². The molecule has 0 bridgehead atoms. The Bertz CT molecular complexity index is 1390. The minimum Gasteiger partial charge on any atom is -0.399 e. The number of hydrogen-bond donors (Lipinski definition) is 3. The highest BCUT2D eigenvalue weighted by Gasteiger charge is 2.51. The van der Waals surface area contributed by atoms with E-state index in [1.165, 1.54) is 0 Å². The zero-order chi connectivity index (χ0) is 26.9. The maximum Gasteiger partial charge on any atom is 0.494 e. The average molecular weight is 510 g/mol. The van der Waals surface area contributed by atoms with Crippen molar-refractivity contribution < 1.29 is 18.9 Å². The van der Waals surface area contributed by atoms with Gasteiger partial charge >= 0.3 is 13.1 Å². The summed E-state index contributed by atoms with van der Waals surface area (Å²) in [6.07, 6.45) is 0.113. The van der Waals surface area contributed by atoms with Gasteiger partial charge in [0, 0.05) is 12.2 Å². The van der Waals surface area contributed by atoms with Gasteiger partial charge < -0.3 is 25.3 Å². The molecule has 9 heteroatoms. The number of aliphatic imine (C=N–C) groups is 1.